The molecule has 4 nitrogen and oxygen atoms in total. The highest BCUT2D eigenvalue weighted by Crippen LogP contribution is 2.25. The van der Waals surface area contributed by atoms with E-state index in [-0.39, 0.29) is 0 Å². The normalized spacial score (nSPS) is 10.6. The van der Waals surface area contributed by atoms with E-state index in [4.69, 9.17) is 6.57 Å². The first-order valence-electron chi connectivity index (χ1n) is 5.96. The number of imidazole rings is 1. The van der Waals surface area contributed by atoms with Crippen LogP contribution in [-0.2, 0) is 7.05 Å². The Bertz CT molecular complexity index is 809. The van der Waals surface area contributed by atoms with Gasteiger partial charge in [-0.25, -0.2) is 9.83 Å². The van der Waals surface area contributed by atoms with Crippen molar-refractivity contribution in [1.29, 1.82) is 0 Å². The molecule has 3 aromatic rings. The Morgan fingerprint density at radius 3 is 2.89 bits per heavy atom. The second-order valence-electron chi connectivity index (χ2n) is 4.44. The Balaban J connectivity index is 2.18. The first kappa shape index (κ1) is 11.4. The summed E-state index contributed by atoms with van der Waals surface area (Å²) in [7, 11) is 1.98. The van der Waals surface area contributed by atoms with Gasteiger partial charge in [-0.05, 0) is 24.6 Å². The summed E-state index contributed by atoms with van der Waals surface area (Å²) in [5.74, 6) is 0.962. The van der Waals surface area contributed by atoms with E-state index < -0.39 is 0 Å². The standard InChI is InChI=1S/C15H12N4/c1-10-18-14-8-13(17-9-15(14)19(10)3)11-5-4-6-12(7-11)16-2/h4-9H,1,3H3. The van der Waals surface area contributed by atoms with Crippen LogP contribution in [0.5, 0.6) is 0 Å². The summed E-state index contributed by atoms with van der Waals surface area (Å²) in [6, 6.07) is 9.43. The summed E-state index contributed by atoms with van der Waals surface area (Å²) in [6.45, 7) is 9.03. The topological polar surface area (TPSA) is 35.1 Å². The van der Waals surface area contributed by atoms with Gasteiger partial charge in [0.2, 0.25) is 0 Å². The molecule has 1 aromatic carbocycles. The van der Waals surface area contributed by atoms with Crippen molar-refractivity contribution in [1.82, 2.24) is 14.5 Å². The highest BCUT2D eigenvalue weighted by molar-refractivity contribution is 5.80. The minimum atomic E-state index is 0.622. The molecular formula is C15H12N4. The molecule has 0 amide bonds. The van der Waals surface area contributed by atoms with Gasteiger partial charge in [0.1, 0.15) is 5.82 Å². The zero-order valence-corrected chi connectivity index (χ0v) is 10.8. The first-order chi connectivity index (χ1) is 9.19. The molecule has 19 heavy (non-hydrogen) atoms. The van der Waals surface area contributed by atoms with Crippen LogP contribution in [0.4, 0.5) is 5.69 Å². The van der Waals surface area contributed by atoms with Crippen molar-refractivity contribution in [3.63, 3.8) is 0 Å². The van der Waals surface area contributed by atoms with E-state index in [1.807, 2.05) is 49.0 Å². The minimum Gasteiger partial charge on any atom is -0.330 e. The van der Waals surface area contributed by atoms with Crippen LogP contribution in [0.3, 0.4) is 0 Å². The monoisotopic (exact) mass is 248 g/mol. The molecular weight excluding hydrogens is 236 g/mol. The summed E-state index contributed by atoms with van der Waals surface area (Å²) >= 11 is 0. The van der Waals surface area contributed by atoms with Gasteiger partial charge in [0.15, 0.2) is 5.69 Å². The Morgan fingerprint density at radius 2 is 2.11 bits per heavy atom. The molecule has 92 valence electrons. The third-order valence-corrected chi connectivity index (χ3v) is 3.26. The number of nitrogens with zero attached hydrogens (tertiary/aromatic N) is 4. The number of rotatable bonds is 1. The van der Waals surface area contributed by atoms with E-state index in [9.17, 15) is 0 Å². The van der Waals surface area contributed by atoms with Gasteiger partial charge in [-0.3, -0.25) is 4.98 Å². The van der Waals surface area contributed by atoms with Gasteiger partial charge < -0.3 is 4.57 Å². The fourth-order valence-electron chi connectivity index (χ4n) is 2.10. The average Bonchev–Trinajstić information content (AvgIpc) is 2.73. The van der Waals surface area contributed by atoms with Crippen molar-refractivity contribution in [3.8, 4) is 11.3 Å². The second kappa shape index (κ2) is 4.21. The van der Waals surface area contributed by atoms with E-state index in [1.165, 1.54) is 0 Å². The van der Waals surface area contributed by atoms with Crippen LogP contribution in [-0.4, -0.2) is 14.5 Å². The zero-order valence-electron chi connectivity index (χ0n) is 10.8. The smallest absolute Gasteiger partial charge is 0.187 e. The van der Waals surface area contributed by atoms with Crippen LogP contribution in [0.15, 0.2) is 36.5 Å². The van der Waals surface area contributed by atoms with E-state index in [2.05, 4.69) is 14.8 Å². The van der Waals surface area contributed by atoms with Crippen molar-refractivity contribution in [3.05, 3.63) is 53.8 Å². The third-order valence-electron chi connectivity index (χ3n) is 3.26. The number of aromatic nitrogens is 3. The number of aryl methyl sites for hydroxylation is 2. The molecule has 0 saturated carbocycles. The van der Waals surface area contributed by atoms with E-state index in [0.717, 1.165) is 28.1 Å². The molecule has 0 unspecified atom stereocenters. The molecule has 0 spiro atoms. The van der Waals surface area contributed by atoms with Gasteiger partial charge in [0, 0.05) is 7.05 Å². The fourth-order valence-corrected chi connectivity index (χ4v) is 2.10. The molecule has 0 aliphatic rings. The summed E-state index contributed by atoms with van der Waals surface area (Å²) in [5.41, 5.74) is 4.35. The van der Waals surface area contributed by atoms with E-state index >= 15 is 0 Å². The second-order valence-corrected chi connectivity index (χ2v) is 4.44. The highest BCUT2D eigenvalue weighted by Gasteiger charge is 2.07. The highest BCUT2D eigenvalue weighted by atomic mass is 15.1. The maximum atomic E-state index is 7.05. The Morgan fingerprint density at radius 1 is 1.26 bits per heavy atom. The Hall–Kier alpha value is -2.67. The summed E-state index contributed by atoms with van der Waals surface area (Å²) in [4.78, 5) is 12.4. The summed E-state index contributed by atoms with van der Waals surface area (Å²) in [5, 5.41) is 0. The number of hydrogen-bond acceptors (Lipinski definition) is 2. The van der Waals surface area contributed by atoms with Crippen molar-refractivity contribution in [2.45, 2.75) is 6.92 Å². The van der Waals surface area contributed by atoms with Crippen molar-refractivity contribution in [2.24, 2.45) is 7.05 Å². The predicted octanol–water partition coefficient (Wildman–Crippen LogP) is 3.49. The molecule has 4 heteroatoms. The van der Waals surface area contributed by atoms with Gasteiger partial charge in [0.25, 0.3) is 0 Å². The fraction of sp³-hybridized carbons (Fsp3) is 0.133. The molecule has 2 aromatic heterocycles. The van der Waals surface area contributed by atoms with Crippen molar-refractivity contribution >= 4 is 16.7 Å². The SMILES string of the molecule is [C-]#[N+]c1cccc(-c2cc3nc(C)n(C)c3cn2)c1. The summed E-state index contributed by atoms with van der Waals surface area (Å²) < 4.78 is 2.02. The van der Waals surface area contributed by atoms with Crippen LogP contribution in [0.1, 0.15) is 5.82 Å². The summed E-state index contributed by atoms with van der Waals surface area (Å²) in [6.07, 6.45) is 1.83. The molecule has 3 rings (SSSR count). The van der Waals surface area contributed by atoms with Crippen LogP contribution >= 0.6 is 0 Å². The molecule has 0 fully saturated rings. The molecule has 0 bridgehead atoms. The molecule has 0 aliphatic heterocycles. The molecule has 0 atom stereocenters. The molecule has 2 heterocycles. The molecule has 0 aliphatic carbocycles. The van der Waals surface area contributed by atoms with Gasteiger partial charge in [-0.15, -0.1) is 0 Å². The van der Waals surface area contributed by atoms with Crippen molar-refractivity contribution < 1.29 is 0 Å². The van der Waals surface area contributed by atoms with Crippen LogP contribution in [0.2, 0.25) is 0 Å². The first-order valence-corrected chi connectivity index (χ1v) is 5.96. The van der Waals surface area contributed by atoms with E-state index in [0.29, 0.717) is 5.69 Å². The minimum absolute atomic E-state index is 0.622. The molecule has 0 N–H and O–H groups in total. The van der Waals surface area contributed by atoms with Gasteiger partial charge in [-0.2, -0.15) is 0 Å². The Labute approximate surface area is 111 Å². The van der Waals surface area contributed by atoms with Crippen LogP contribution < -0.4 is 0 Å². The quantitative estimate of drug-likeness (QED) is 0.618. The lowest BCUT2D eigenvalue weighted by atomic mass is 10.1. The average molecular weight is 248 g/mol. The van der Waals surface area contributed by atoms with Crippen molar-refractivity contribution in [2.75, 3.05) is 0 Å². The van der Waals surface area contributed by atoms with Gasteiger partial charge in [0.05, 0.1) is 29.5 Å². The lowest BCUT2D eigenvalue weighted by Crippen LogP contribution is -1.91. The number of fused-ring (bicyclic) bond motifs is 1. The molecule has 0 saturated heterocycles. The lowest BCUT2D eigenvalue weighted by Gasteiger charge is -2.02. The lowest BCUT2D eigenvalue weighted by molar-refractivity contribution is 0.884. The van der Waals surface area contributed by atoms with Crippen LogP contribution in [0, 0.1) is 13.5 Å². The zero-order chi connectivity index (χ0) is 13.4. The van der Waals surface area contributed by atoms with Crippen LogP contribution in [0.25, 0.3) is 27.1 Å². The predicted molar refractivity (Wildman–Crippen MR) is 74.9 cm³/mol. The number of pyridine rings is 1. The molecule has 0 radical (unpaired) electrons. The largest absolute Gasteiger partial charge is 0.330 e. The number of benzene rings is 1. The Kier molecular flexibility index (Phi) is 2.53. The van der Waals surface area contributed by atoms with Gasteiger partial charge in [-0.1, -0.05) is 18.2 Å². The third kappa shape index (κ3) is 1.85. The number of hydrogen-bond donors (Lipinski definition) is 0. The van der Waals surface area contributed by atoms with Gasteiger partial charge >= 0.3 is 0 Å². The maximum absolute atomic E-state index is 7.05. The van der Waals surface area contributed by atoms with E-state index in [1.54, 1.807) is 6.07 Å². The maximum Gasteiger partial charge on any atom is 0.187 e.